The van der Waals surface area contributed by atoms with Crippen LogP contribution in [0.2, 0.25) is 5.02 Å². The molecule has 0 bridgehead atoms. The van der Waals surface area contributed by atoms with E-state index in [1.54, 1.807) is 55.5 Å². The molecule has 0 fully saturated rings. The first-order valence-corrected chi connectivity index (χ1v) is 11.4. The lowest BCUT2D eigenvalue weighted by Gasteiger charge is -2.14. The number of hydrogen-bond donors (Lipinski definition) is 1. The van der Waals surface area contributed by atoms with E-state index in [0.29, 0.717) is 16.3 Å². The summed E-state index contributed by atoms with van der Waals surface area (Å²) < 4.78 is 42.1. The van der Waals surface area contributed by atoms with E-state index in [9.17, 15) is 18.0 Å². The van der Waals surface area contributed by atoms with Gasteiger partial charge in [0.2, 0.25) is 5.91 Å². The largest absolute Gasteiger partial charge is 0.433 e. The van der Waals surface area contributed by atoms with E-state index < -0.39 is 23.0 Å². The summed E-state index contributed by atoms with van der Waals surface area (Å²) in [6.45, 7) is 1.57. The van der Waals surface area contributed by atoms with Gasteiger partial charge in [-0.3, -0.25) is 4.79 Å². The fourth-order valence-electron chi connectivity index (χ4n) is 3.12. The van der Waals surface area contributed by atoms with Crippen molar-refractivity contribution in [2.24, 2.45) is 0 Å². The van der Waals surface area contributed by atoms with Crippen LogP contribution in [0.5, 0.6) is 0 Å². The molecule has 4 rings (SSSR count). The van der Waals surface area contributed by atoms with Gasteiger partial charge >= 0.3 is 6.18 Å². The molecule has 1 amide bonds. The smallest absolute Gasteiger partial charge is 0.325 e. The molecule has 0 saturated heterocycles. The van der Waals surface area contributed by atoms with Gasteiger partial charge in [0.25, 0.3) is 0 Å². The number of aromatic nitrogens is 3. The summed E-state index contributed by atoms with van der Waals surface area (Å²) in [4.78, 5) is 20.6. The second-order valence-corrected chi connectivity index (χ2v) is 9.01. The first-order chi connectivity index (χ1) is 16.2. The number of hydrogen-bond acceptors (Lipinski definition) is 4. The Kier molecular flexibility index (Phi) is 6.95. The molecule has 174 valence electrons. The number of halogens is 4. The van der Waals surface area contributed by atoms with E-state index in [0.717, 1.165) is 23.5 Å². The highest BCUT2D eigenvalue weighted by atomic mass is 35.5. The molecule has 0 radical (unpaired) electrons. The lowest BCUT2D eigenvalue weighted by Crippen LogP contribution is -2.23. The van der Waals surface area contributed by atoms with Crippen molar-refractivity contribution in [3.8, 4) is 16.9 Å². The van der Waals surface area contributed by atoms with Gasteiger partial charge in [0.1, 0.15) is 5.69 Å². The number of anilines is 1. The van der Waals surface area contributed by atoms with Crippen LogP contribution in [0.3, 0.4) is 0 Å². The molecule has 0 aliphatic rings. The van der Waals surface area contributed by atoms with Crippen molar-refractivity contribution in [1.29, 1.82) is 0 Å². The predicted octanol–water partition coefficient (Wildman–Crippen LogP) is 6.73. The molecule has 0 aliphatic heterocycles. The molecular weight excluding hydrogens is 485 g/mol. The first kappa shape index (κ1) is 23.8. The lowest BCUT2D eigenvalue weighted by molar-refractivity contribution is -0.141. The van der Waals surface area contributed by atoms with Gasteiger partial charge in [-0.1, -0.05) is 53.7 Å². The second-order valence-electron chi connectivity index (χ2n) is 7.29. The number of nitrogens with one attached hydrogen (secondary N) is 1. The van der Waals surface area contributed by atoms with Crippen molar-refractivity contribution in [1.82, 2.24) is 14.5 Å². The Balaban J connectivity index is 1.52. The molecule has 10 heteroatoms. The number of carbonyl (C=O) groups excluding carboxylic acids is 1. The molecule has 0 spiro atoms. The molecular formula is C24H18ClF3N4OS. The Bertz CT molecular complexity index is 1300. The molecule has 0 unspecified atom stereocenters. The summed E-state index contributed by atoms with van der Waals surface area (Å²) in [6.07, 6.45) is -0.959. The van der Waals surface area contributed by atoms with Crippen LogP contribution in [-0.2, 0) is 11.0 Å². The summed E-state index contributed by atoms with van der Waals surface area (Å²) in [6, 6.07) is 18.2. The Hall–Kier alpha value is -3.30. The quantitative estimate of drug-likeness (QED) is 0.235. The molecule has 5 nitrogen and oxygen atoms in total. The Morgan fingerprint density at radius 1 is 1.03 bits per heavy atom. The fraction of sp³-hybridized carbons (Fsp3) is 0.125. The number of thioether (sulfide) groups is 1. The molecule has 2 aromatic carbocycles. The third-order valence-corrected chi connectivity index (χ3v) is 6.08. The highest BCUT2D eigenvalue weighted by molar-refractivity contribution is 8.00. The number of alkyl halides is 3. The number of nitrogens with zero attached hydrogens (tertiary/aromatic N) is 3. The zero-order valence-electron chi connectivity index (χ0n) is 17.8. The number of rotatable bonds is 6. The molecule has 34 heavy (non-hydrogen) atoms. The average molecular weight is 503 g/mol. The van der Waals surface area contributed by atoms with Crippen LogP contribution in [0.25, 0.3) is 16.9 Å². The van der Waals surface area contributed by atoms with E-state index in [-0.39, 0.29) is 10.9 Å². The standard InChI is InChI=1S/C24H18ClF3N4OS/c1-15(22(33)29-17-9-10-20(18(25)13-17)32-11-5-6-12-32)34-23-30-19(16-7-3-2-4-8-16)14-21(31-23)24(26,27)28/h2-15H,1H3,(H,29,33)/t15-/m0/s1. The topological polar surface area (TPSA) is 59.8 Å². The van der Waals surface area contributed by atoms with Gasteiger partial charge in [0.05, 0.1) is 21.7 Å². The normalized spacial score (nSPS) is 12.4. The SMILES string of the molecule is C[C@H](Sc1nc(-c2ccccc2)cc(C(F)(F)F)n1)C(=O)Nc1ccc(-n2cccc2)c(Cl)c1. The van der Waals surface area contributed by atoms with Gasteiger partial charge < -0.3 is 9.88 Å². The zero-order valence-corrected chi connectivity index (χ0v) is 19.3. The van der Waals surface area contributed by atoms with E-state index in [2.05, 4.69) is 15.3 Å². The van der Waals surface area contributed by atoms with E-state index in [1.807, 2.05) is 29.1 Å². The molecule has 1 atom stereocenters. The van der Waals surface area contributed by atoms with Crippen LogP contribution in [-0.4, -0.2) is 25.7 Å². The van der Waals surface area contributed by atoms with E-state index in [1.165, 1.54) is 0 Å². The zero-order chi connectivity index (χ0) is 24.3. The van der Waals surface area contributed by atoms with Crippen molar-refractivity contribution in [2.75, 3.05) is 5.32 Å². The van der Waals surface area contributed by atoms with Crippen molar-refractivity contribution in [3.63, 3.8) is 0 Å². The molecule has 0 aliphatic carbocycles. The minimum atomic E-state index is -4.65. The fourth-order valence-corrected chi connectivity index (χ4v) is 4.19. The highest BCUT2D eigenvalue weighted by Gasteiger charge is 2.34. The second kappa shape index (κ2) is 9.90. The van der Waals surface area contributed by atoms with Crippen LogP contribution < -0.4 is 5.32 Å². The van der Waals surface area contributed by atoms with Crippen molar-refractivity contribution >= 4 is 35.0 Å². The van der Waals surface area contributed by atoms with Gasteiger partial charge in [0, 0.05) is 23.6 Å². The minimum absolute atomic E-state index is 0.130. The third kappa shape index (κ3) is 5.60. The summed E-state index contributed by atoms with van der Waals surface area (Å²) in [7, 11) is 0. The Morgan fingerprint density at radius 3 is 2.38 bits per heavy atom. The lowest BCUT2D eigenvalue weighted by atomic mass is 10.1. The van der Waals surface area contributed by atoms with Crippen LogP contribution in [0.1, 0.15) is 12.6 Å². The van der Waals surface area contributed by atoms with E-state index >= 15 is 0 Å². The predicted molar refractivity (Wildman–Crippen MR) is 127 cm³/mol. The van der Waals surface area contributed by atoms with Crippen LogP contribution in [0.15, 0.2) is 84.3 Å². The minimum Gasteiger partial charge on any atom is -0.325 e. The van der Waals surface area contributed by atoms with Gasteiger partial charge in [-0.05, 0) is 43.3 Å². The maximum absolute atomic E-state index is 13.4. The van der Waals surface area contributed by atoms with Gasteiger partial charge in [-0.2, -0.15) is 13.2 Å². The summed E-state index contributed by atoms with van der Waals surface area (Å²) in [5.74, 6) is -0.419. The van der Waals surface area contributed by atoms with Crippen molar-refractivity contribution in [2.45, 2.75) is 23.5 Å². The maximum Gasteiger partial charge on any atom is 0.433 e. The van der Waals surface area contributed by atoms with Gasteiger partial charge in [-0.15, -0.1) is 0 Å². The molecule has 1 N–H and O–H groups in total. The van der Waals surface area contributed by atoms with Crippen LogP contribution in [0, 0.1) is 0 Å². The van der Waals surface area contributed by atoms with Gasteiger partial charge in [-0.25, -0.2) is 9.97 Å². The highest BCUT2D eigenvalue weighted by Crippen LogP contribution is 2.33. The number of carbonyl (C=O) groups is 1. The van der Waals surface area contributed by atoms with Crippen LogP contribution >= 0.6 is 23.4 Å². The molecule has 0 saturated carbocycles. The van der Waals surface area contributed by atoms with E-state index in [4.69, 9.17) is 11.6 Å². The summed E-state index contributed by atoms with van der Waals surface area (Å²) in [5.41, 5.74) is 0.798. The molecule has 4 aromatic rings. The third-order valence-electron chi connectivity index (χ3n) is 4.81. The number of amides is 1. The Labute approximate surface area is 203 Å². The monoisotopic (exact) mass is 502 g/mol. The number of benzene rings is 2. The molecule has 2 heterocycles. The van der Waals surface area contributed by atoms with Crippen molar-refractivity contribution < 1.29 is 18.0 Å². The average Bonchev–Trinajstić information content (AvgIpc) is 3.33. The maximum atomic E-state index is 13.4. The molecule has 2 aromatic heterocycles. The van der Waals surface area contributed by atoms with Crippen molar-refractivity contribution in [3.05, 3.63) is 89.8 Å². The van der Waals surface area contributed by atoms with Gasteiger partial charge in [0.15, 0.2) is 5.16 Å². The first-order valence-electron chi connectivity index (χ1n) is 10.1. The van der Waals surface area contributed by atoms with Crippen LogP contribution in [0.4, 0.5) is 18.9 Å². The summed E-state index contributed by atoms with van der Waals surface area (Å²) >= 11 is 7.19. The summed E-state index contributed by atoms with van der Waals surface area (Å²) in [5, 5.41) is 2.26. The Morgan fingerprint density at radius 2 is 1.74 bits per heavy atom.